The van der Waals surface area contributed by atoms with Crippen LogP contribution in [0.2, 0.25) is 0 Å². The Kier molecular flexibility index (Phi) is 3.58. The zero-order valence-electron chi connectivity index (χ0n) is 9.08. The number of nitrogens with zero attached hydrogens (tertiary/aromatic N) is 1. The summed E-state index contributed by atoms with van der Waals surface area (Å²) in [7, 11) is 1.54. The summed E-state index contributed by atoms with van der Waals surface area (Å²) in [6.07, 6.45) is 1.64. The van der Waals surface area contributed by atoms with E-state index < -0.39 is 0 Å². The topological polar surface area (TPSA) is 34.1 Å². The van der Waals surface area contributed by atoms with Crippen molar-refractivity contribution in [3.8, 4) is 5.75 Å². The van der Waals surface area contributed by atoms with Gasteiger partial charge in [0.1, 0.15) is 17.4 Å². The summed E-state index contributed by atoms with van der Waals surface area (Å²) in [4.78, 5) is 4.10. The zero-order valence-corrected chi connectivity index (χ0v) is 10.7. The van der Waals surface area contributed by atoms with Crippen molar-refractivity contribution in [3.05, 3.63) is 46.8 Å². The molecule has 2 rings (SSSR count). The average Bonchev–Trinajstić information content (AvgIpc) is 2.35. The molecule has 0 aliphatic rings. The largest absolute Gasteiger partial charge is 0.497 e. The number of hydrogen-bond donors (Lipinski definition) is 1. The van der Waals surface area contributed by atoms with Crippen LogP contribution in [0.5, 0.6) is 5.75 Å². The summed E-state index contributed by atoms with van der Waals surface area (Å²) in [5.74, 6) is 0.807. The van der Waals surface area contributed by atoms with Crippen LogP contribution in [0.25, 0.3) is 0 Å². The molecule has 5 heteroatoms. The van der Waals surface area contributed by atoms with Gasteiger partial charge < -0.3 is 10.1 Å². The predicted octanol–water partition coefficient (Wildman–Crippen LogP) is 3.74. The summed E-state index contributed by atoms with van der Waals surface area (Å²) in [5.41, 5.74) is 0.333. The van der Waals surface area contributed by atoms with E-state index in [1.807, 2.05) is 6.07 Å². The Morgan fingerprint density at radius 1 is 1.29 bits per heavy atom. The SMILES string of the molecule is COc1ccc(F)c(Nc2ccc(Br)cn2)c1. The Hall–Kier alpha value is -1.62. The number of rotatable bonds is 3. The van der Waals surface area contributed by atoms with Crippen LogP contribution in [0.3, 0.4) is 0 Å². The molecule has 1 aromatic carbocycles. The van der Waals surface area contributed by atoms with Gasteiger partial charge in [0, 0.05) is 16.7 Å². The van der Waals surface area contributed by atoms with Crippen LogP contribution in [0.1, 0.15) is 0 Å². The highest BCUT2D eigenvalue weighted by molar-refractivity contribution is 9.10. The highest BCUT2D eigenvalue weighted by atomic mass is 79.9. The van der Waals surface area contributed by atoms with Crippen molar-refractivity contribution in [1.29, 1.82) is 0 Å². The van der Waals surface area contributed by atoms with E-state index in [1.54, 1.807) is 24.4 Å². The lowest BCUT2D eigenvalue weighted by atomic mass is 10.3. The van der Waals surface area contributed by atoms with E-state index in [0.717, 1.165) is 4.47 Å². The molecule has 0 aliphatic carbocycles. The Morgan fingerprint density at radius 3 is 2.76 bits per heavy atom. The van der Waals surface area contributed by atoms with Gasteiger partial charge in [0.25, 0.3) is 0 Å². The van der Waals surface area contributed by atoms with Crippen molar-refractivity contribution in [2.45, 2.75) is 0 Å². The molecule has 0 aliphatic heterocycles. The second-order valence-electron chi connectivity index (χ2n) is 3.33. The second-order valence-corrected chi connectivity index (χ2v) is 4.25. The van der Waals surface area contributed by atoms with Gasteiger partial charge in [-0.05, 0) is 40.2 Å². The van der Waals surface area contributed by atoms with Gasteiger partial charge in [0.05, 0.1) is 12.8 Å². The molecule has 1 aromatic heterocycles. The minimum absolute atomic E-state index is 0.333. The molecule has 0 fully saturated rings. The second kappa shape index (κ2) is 5.14. The first kappa shape index (κ1) is 11.9. The molecule has 88 valence electrons. The van der Waals surface area contributed by atoms with E-state index in [2.05, 4.69) is 26.2 Å². The van der Waals surface area contributed by atoms with Gasteiger partial charge in [-0.1, -0.05) is 0 Å². The predicted molar refractivity (Wildman–Crippen MR) is 68.2 cm³/mol. The highest BCUT2D eigenvalue weighted by Gasteiger charge is 2.04. The van der Waals surface area contributed by atoms with Gasteiger partial charge in [0.2, 0.25) is 0 Å². The summed E-state index contributed by atoms with van der Waals surface area (Å²) < 4.78 is 19.4. The van der Waals surface area contributed by atoms with Crippen molar-refractivity contribution in [2.75, 3.05) is 12.4 Å². The average molecular weight is 297 g/mol. The first-order chi connectivity index (χ1) is 8.19. The molecule has 1 heterocycles. The molecular weight excluding hydrogens is 287 g/mol. The van der Waals surface area contributed by atoms with Gasteiger partial charge in [-0.25, -0.2) is 9.37 Å². The number of nitrogens with one attached hydrogen (secondary N) is 1. The molecule has 0 atom stereocenters. The molecule has 0 saturated carbocycles. The van der Waals surface area contributed by atoms with Gasteiger partial charge >= 0.3 is 0 Å². The van der Waals surface area contributed by atoms with Crippen LogP contribution in [0.15, 0.2) is 41.0 Å². The van der Waals surface area contributed by atoms with E-state index in [4.69, 9.17) is 4.74 Å². The Morgan fingerprint density at radius 2 is 2.12 bits per heavy atom. The molecule has 0 spiro atoms. The van der Waals surface area contributed by atoms with E-state index in [9.17, 15) is 4.39 Å². The fourth-order valence-electron chi connectivity index (χ4n) is 1.31. The number of benzene rings is 1. The Balaban J connectivity index is 2.25. The monoisotopic (exact) mass is 296 g/mol. The molecule has 1 N–H and O–H groups in total. The lowest BCUT2D eigenvalue weighted by molar-refractivity contribution is 0.414. The fraction of sp³-hybridized carbons (Fsp3) is 0.0833. The summed E-state index contributed by atoms with van der Waals surface area (Å²) in [6.45, 7) is 0. The Bertz CT molecular complexity index is 516. The lowest BCUT2D eigenvalue weighted by Gasteiger charge is -2.08. The van der Waals surface area contributed by atoms with E-state index in [-0.39, 0.29) is 5.82 Å². The number of methoxy groups -OCH3 is 1. The van der Waals surface area contributed by atoms with E-state index in [0.29, 0.717) is 17.3 Å². The number of ether oxygens (including phenoxy) is 1. The van der Waals surface area contributed by atoms with Crippen LogP contribution in [-0.2, 0) is 0 Å². The molecule has 0 amide bonds. The highest BCUT2D eigenvalue weighted by Crippen LogP contribution is 2.24. The molecule has 0 bridgehead atoms. The van der Waals surface area contributed by atoms with Crippen LogP contribution < -0.4 is 10.1 Å². The minimum Gasteiger partial charge on any atom is -0.497 e. The number of aromatic nitrogens is 1. The van der Waals surface area contributed by atoms with Crippen LogP contribution in [0.4, 0.5) is 15.9 Å². The van der Waals surface area contributed by atoms with E-state index in [1.165, 1.54) is 13.2 Å². The standard InChI is InChI=1S/C12H10BrFN2O/c1-17-9-3-4-10(14)11(6-9)16-12-5-2-8(13)7-15-12/h2-7H,1H3,(H,15,16). The first-order valence-electron chi connectivity index (χ1n) is 4.91. The first-order valence-corrected chi connectivity index (χ1v) is 5.70. The maximum absolute atomic E-state index is 13.5. The van der Waals surface area contributed by atoms with Crippen molar-refractivity contribution in [1.82, 2.24) is 4.98 Å². The molecule has 0 saturated heterocycles. The smallest absolute Gasteiger partial charge is 0.146 e. The molecule has 0 radical (unpaired) electrons. The van der Waals surface area contributed by atoms with Crippen LogP contribution in [-0.4, -0.2) is 12.1 Å². The van der Waals surface area contributed by atoms with Crippen molar-refractivity contribution >= 4 is 27.4 Å². The number of hydrogen-bond acceptors (Lipinski definition) is 3. The van der Waals surface area contributed by atoms with Gasteiger partial charge in [-0.3, -0.25) is 0 Å². The molecule has 2 aromatic rings. The maximum Gasteiger partial charge on any atom is 0.146 e. The van der Waals surface area contributed by atoms with Gasteiger partial charge in [-0.15, -0.1) is 0 Å². The lowest BCUT2D eigenvalue weighted by Crippen LogP contribution is -1.96. The number of pyridine rings is 1. The van der Waals surface area contributed by atoms with Gasteiger partial charge in [-0.2, -0.15) is 0 Å². The molecular formula is C12H10BrFN2O. The van der Waals surface area contributed by atoms with Crippen LogP contribution in [0, 0.1) is 5.82 Å². The fourth-order valence-corrected chi connectivity index (χ4v) is 1.55. The zero-order chi connectivity index (χ0) is 12.3. The molecule has 17 heavy (non-hydrogen) atoms. The third-order valence-electron chi connectivity index (χ3n) is 2.16. The summed E-state index contributed by atoms with van der Waals surface area (Å²) in [6, 6.07) is 8.07. The maximum atomic E-state index is 13.5. The van der Waals surface area contributed by atoms with Crippen molar-refractivity contribution in [3.63, 3.8) is 0 Å². The van der Waals surface area contributed by atoms with Crippen LogP contribution >= 0.6 is 15.9 Å². The number of halogens is 2. The molecule has 3 nitrogen and oxygen atoms in total. The van der Waals surface area contributed by atoms with E-state index >= 15 is 0 Å². The van der Waals surface area contributed by atoms with Crippen molar-refractivity contribution in [2.24, 2.45) is 0 Å². The summed E-state index contributed by atoms with van der Waals surface area (Å²) in [5, 5.41) is 2.89. The quantitative estimate of drug-likeness (QED) is 0.937. The summed E-state index contributed by atoms with van der Waals surface area (Å²) >= 11 is 3.28. The number of anilines is 2. The normalized spacial score (nSPS) is 10.1. The van der Waals surface area contributed by atoms with Gasteiger partial charge in [0.15, 0.2) is 0 Å². The molecule has 0 unspecified atom stereocenters. The van der Waals surface area contributed by atoms with Crippen molar-refractivity contribution < 1.29 is 9.13 Å². The minimum atomic E-state index is -0.351. The third kappa shape index (κ3) is 2.94. The Labute approximate surface area is 107 Å². The third-order valence-corrected chi connectivity index (χ3v) is 2.63.